The molecule has 0 fully saturated rings. The normalized spacial score (nSPS) is 14.2. The first kappa shape index (κ1) is 13.8. The second kappa shape index (κ2) is 6.47. The predicted octanol–water partition coefficient (Wildman–Crippen LogP) is 2.48. The molecule has 0 aromatic carbocycles. The molecular formula is C10H9Br2N5. The third kappa shape index (κ3) is 4.63. The van der Waals surface area contributed by atoms with E-state index in [1.807, 2.05) is 13.0 Å². The summed E-state index contributed by atoms with van der Waals surface area (Å²) in [5.41, 5.74) is 5.92. The van der Waals surface area contributed by atoms with Gasteiger partial charge >= 0.3 is 0 Å². The van der Waals surface area contributed by atoms with Gasteiger partial charge in [-0.3, -0.25) is 0 Å². The minimum atomic E-state index is -0.0592. The standard InChI is InChI=1S/C10H9Br2N5/c1-6(11)9(17-10(12)14)16-8-3-2-7(4-13)5-15-8/h2-3,5-6H,1H3,(H2,14,15,16,17). The van der Waals surface area contributed by atoms with Crippen molar-refractivity contribution in [1.29, 1.82) is 5.26 Å². The molecule has 2 N–H and O–H groups in total. The molecule has 1 rings (SSSR count). The molecule has 0 aliphatic rings. The second-order valence-electron chi connectivity index (χ2n) is 3.04. The highest BCUT2D eigenvalue weighted by Crippen LogP contribution is 2.12. The number of nitriles is 1. The molecule has 1 atom stereocenters. The van der Waals surface area contributed by atoms with Crippen LogP contribution in [0.5, 0.6) is 0 Å². The number of nitrogens with two attached hydrogens (primary N) is 1. The molecule has 5 nitrogen and oxygen atoms in total. The summed E-state index contributed by atoms with van der Waals surface area (Å²) in [6, 6.07) is 5.28. The topological polar surface area (TPSA) is 87.4 Å². The number of aromatic nitrogens is 1. The van der Waals surface area contributed by atoms with Gasteiger partial charge in [0.1, 0.15) is 11.9 Å². The summed E-state index contributed by atoms with van der Waals surface area (Å²) in [6.07, 6.45) is 1.45. The first-order valence-corrected chi connectivity index (χ1v) is 6.32. The lowest BCUT2D eigenvalue weighted by molar-refractivity contribution is 1.21. The minimum Gasteiger partial charge on any atom is -0.378 e. The van der Waals surface area contributed by atoms with Gasteiger partial charge in [-0.15, -0.1) is 0 Å². The molecule has 7 heteroatoms. The number of rotatable bonds is 2. The lowest BCUT2D eigenvalue weighted by Crippen LogP contribution is -2.12. The van der Waals surface area contributed by atoms with Gasteiger partial charge in [0.05, 0.1) is 10.4 Å². The van der Waals surface area contributed by atoms with Crippen LogP contribution in [0.2, 0.25) is 0 Å². The highest BCUT2D eigenvalue weighted by atomic mass is 79.9. The number of aliphatic imine (C=N–C) groups is 2. The highest BCUT2D eigenvalue weighted by Gasteiger charge is 2.06. The van der Waals surface area contributed by atoms with Gasteiger partial charge in [0.15, 0.2) is 10.6 Å². The summed E-state index contributed by atoms with van der Waals surface area (Å²) in [7, 11) is 0. The van der Waals surface area contributed by atoms with Gasteiger partial charge in [-0.2, -0.15) is 5.26 Å². The molecule has 1 unspecified atom stereocenters. The van der Waals surface area contributed by atoms with E-state index in [4.69, 9.17) is 11.0 Å². The quantitative estimate of drug-likeness (QED) is 0.381. The van der Waals surface area contributed by atoms with E-state index in [1.165, 1.54) is 6.20 Å². The third-order valence-electron chi connectivity index (χ3n) is 1.68. The molecule has 0 radical (unpaired) electrons. The van der Waals surface area contributed by atoms with E-state index in [-0.39, 0.29) is 9.57 Å². The van der Waals surface area contributed by atoms with E-state index < -0.39 is 0 Å². The third-order valence-corrected chi connectivity index (χ3v) is 2.27. The maximum absolute atomic E-state index is 8.64. The number of pyridine rings is 1. The van der Waals surface area contributed by atoms with Crippen LogP contribution >= 0.6 is 31.9 Å². The Morgan fingerprint density at radius 3 is 2.71 bits per heavy atom. The Hall–Kier alpha value is -1.26. The summed E-state index contributed by atoms with van der Waals surface area (Å²) in [5.74, 6) is 0.972. The molecule has 88 valence electrons. The lowest BCUT2D eigenvalue weighted by Gasteiger charge is -2.03. The SMILES string of the molecule is CC(Br)C(N=C(N)Br)=Nc1ccc(C#N)cn1. The molecule has 0 bridgehead atoms. The van der Waals surface area contributed by atoms with Crippen LogP contribution in [0.15, 0.2) is 28.3 Å². The van der Waals surface area contributed by atoms with Crippen LogP contribution in [-0.2, 0) is 0 Å². The maximum Gasteiger partial charge on any atom is 0.169 e. The van der Waals surface area contributed by atoms with Crippen LogP contribution in [0.3, 0.4) is 0 Å². The minimum absolute atomic E-state index is 0.0592. The first-order valence-electron chi connectivity index (χ1n) is 4.61. The van der Waals surface area contributed by atoms with Crippen molar-refractivity contribution in [2.75, 3.05) is 0 Å². The van der Waals surface area contributed by atoms with Crippen LogP contribution in [-0.4, -0.2) is 20.4 Å². The number of amidine groups is 2. The zero-order valence-electron chi connectivity index (χ0n) is 8.93. The van der Waals surface area contributed by atoms with Crippen molar-refractivity contribution >= 4 is 48.3 Å². The van der Waals surface area contributed by atoms with Crippen LogP contribution in [0.4, 0.5) is 5.82 Å². The number of halogens is 2. The molecule has 17 heavy (non-hydrogen) atoms. The number of alkyl halides is 1. The number of hydrogen-bond donors (Lipinski definition) is 1. The average Bonchev–Trinajstić information content (AvgIpc) is 2.28. The zero-order valence-corrected chi connectivity index (χ0v) is 12.1. The van der Waals surface area contributed by atoms with Crippen LogP contribution in [0, 0.1) is 11.3 Å². The zero-order chi connectivity index (χ0) is 12.8. The van der Waals surface area contributed by atoms with Crippen LogP contribution < -0.4 is 5.73 Å². The van der Waals surface area contributed by atoms with Crippen molar-refractivity contribution in [2.45, 2.75) is 11.8 Å². The number of nitrogens with zero attached hydrogens (tertiary/aromatic N) is 4. The van der Waals surface area contributed by atoms with Gasteiger partial charge in [0.25, 0.3) is 0 Å². The molecule has 0 saturated carbocycles. The second-order valence-corrected chi connectivity index (χ2v) is 5.22. The van der Waals surface area contributed by atoms with E-state index in [9.17, 15) is 0 Å². The fourth-order valence-electron chi connectivity index (χ4n) is 0.948. The van der Waals surface area contributed by atoms with E-state index in [0.29, 0.717) is 17.2 Å². The van der Waals surface area contributed by atoms with Gasteiger partial charge < -0.3 is 5.73 Å². The highest BCUT2D eigenvalue weighted by molar-refractivity contribution is 9.18. The van der Waals surface area contributed by atoms with Crippen LogP contribution in [0.25, 0.3) is 0 Å². The molecule has 0 spiro atoms. The molecular weight excluding hydrogens is 350 g/mol. The largest absolute Gasteiger partial charge is 0.378 e. The van der Waals surface area contributed by atoms with Crippen molar-refractivity contribution < 1.29 is 0 Å². The summed E-state index contributed by atoms with van der Waals surface area (Å²) in [5, 5.41) is 8.64. The molecule has 0 aliphatic carbocycles. The van der Waals surface area contributed by atoms with Crippen molar-refractivity contribution in [2.24, 2.45) is 15.7 Å². The Balaban J connectivity index is 3.05. The molecule has 0 amide bonds. The molecule has 0 saturated heterocycles. The van der Waals surface area contributed by atoms with Gasteiger partial charge in [-0.05, 0) is 35.0 Å². The summed E-state index contributed by atoms with van der Waals surface area (Å²) in [6.45, 7) is 1.88. The Bertz CT molecular complexity index is 480. The van der Waals surface area contributed by atoms with Gasteiger partial charge in [0, 0.05) is 6.20 Å². The molecule has 1 aromatic heterocycles. The summed E-state index contributed by atoms with van der Waals surface area (Å²) < 4.78 is 0.246. The molecule has 1 heterocycles. The van der Waals surface area contributed by atoms with Gasteiger partial charge in [-0.1, -0.05) is 15.9 Å². The Labute approximate surface area is 116 Å². The fourth-order valence-corrected chi connectivity index (χ4v) is 1.33. The Morgan fingerprint density at radius 1 is 1.59 bits per heavy atom. The van der Waals surface area contributed by atoms with E-state index in [2.05, 4.69) is 46.8 Å². The van der Waals surface area contributed by atoms with Gasteiger partial charge in [0.2, 0.25) is 0 Å². The molecule has 1 aromatic rings. The van der Waals surface area contributed by atoms with Crippen molar-refractivity contribution in [1.82, 2.24) is 4.98 Å². The predicted molar refractivity (Wildman–Crippen MR) is 75.0 cm³/mol. The van der Waals surface area contributed by atoms with Crippen molar-refractivity contribution in [3.05, 3.63) is 23.9 Å². The monoisotopic (exact) mass is 357 g/mol. The van der Waals surface area contributed by atoms with Crippen molar-refractivity contribution in [3.8, 4) is 6.07 Å². The number of hydrogen-bond acceptors (Lipinski definition) is 3. The Morgan fingerprint density at radius 2 is 2.29 bits per heavy atom. The average molecular weight is 359 g/mol. The van der Waals surface area contributed by atoms with E-state index >= 15 is 0 Å². The summed E-state index contributed by atoms with van der Waals surface area (Å²) >= 11 is 6.40. The van der Waals surface area contributed by atoms with E-state index in [0.717, 1.165) is 0 Å². The van der Waals surface area contributed by atoms with E-state index in [1.54, 1.807) is 12.1 Å². The lowest BCUT2D eigenvalue weighted by atomic mass is 10.3. The van der Waals surface area contributed by atoms with Crippen LogP contribution in [0.1, 0.15) is 12.5 Å². The maximum atomic E-state index is 8.64. The summed E-state index contributed by atoms with van der Waals surface area (Å²) in [4.78, 5) is 12.2. The first-order chi connectivity index (χ1) is 8.02. The van der Waals surface area contributed by atoms with Crippen molar-refractivity contribution in [3.63, 3.8) is 0 Å². The smallest absolute Gasteiger partial charge is 0.169 e. The fraction of sp³-hybridized carbons (Fsp3) is 0.200. The van der Waals surface area contributed by atoms with Gasteiger partial charge in [-0.25, -0.2) is 15.0 Å². The Kier molecular flexibility index (Phi) is 5.25. The molecule has 0 aliphatic heterocycles.